The molecule has 1 aromatic carbocycles. The van der Waals surface area contributed by atoms with Crippen LogP contribution < -0.4 is 0 Å². The molecule has 2 rings (SSSR count). The third kappa shape index (κ3) is 3.57. The van der Waals surface area contributed by atoms with Crippen molar-refractivity contribution in [3.05, 3.63) is 35.4 Å². The van der Waals surface area contributed by atoms with Gasteiger partial charge in [-0.25, -0.2) is 8.78 Å². The molecule has 21 heavy (non-hydrogen) atoms. The Labute approximate surface area is 122 Å². The normalized spacial score (nSPS) is 21.8. The lowest BCUT2D eigenvalue weighted by Crippen LogP contribution is -2.38. The minimum absolute atomic E-state index is 0.0767. The summed E-state index contributed by atoms with van der Waals surface area (Å²) in [5, 5.41) is 9.31. The average Bonchev–Trinajstić information content (AvgIpc) is 2.92. The Morgan fingerprint density at radius 3 is 2.90 bits per heavy atom. The SMILES string of the molecule is CO[C@H]1C[C@@H](CO)N(C(=O)CCc2cccc(F)c2F)C1. The van der Waals surface area contributed by atoms with Gasteiger partial charge < -0.3 is 14.7 Å². The highest BCUT2D eigenvalue weighted by molar-refractivity contribution is 5.77. The largest absolute Gasteiger partial charge is 0.394 e. The fourth-order valence-corrected chi connectivity index (χ4v) is 2.65. The first-order valence-electron chi connectivity index (χ1n) is 6.92. The summed E-state index contributed by atoms with van der Waals surface area (Å²) in [4.78, 5) is 13.7. The molecule has 0 saturated carbocycles. The van der Waals surface area contributed by atoms with Gasteiger partial charge in [-0.05, 0) is 24.5 Å². The first-order valence-corrected chi connectivity index (χ1v) is 6.92. The van der Waals surface area contributed by atoms with Crippen LogP contribution in [0.3, 0.4) is 0 Å². The highest BCUT2D eigenvalue weighted by atomic mass is 19.2. The number of aliphatic hydroxyl groups excluding tert-OH is 1. The topological polar surface area (TPSA) is 49.8 Å². The molecule has 0 unspecified atom stereocenters. The van der Waals surface area contributed by atoms with Crippen molar-refractivity contribution >= 4 is 5.91 Å². The second-order valence-electron chi connectivity index (χ2n) is 5.19. The zero-order valence-electron chi connectivity index (χ0n) is 11.9. The Morgan fingerprint density at radius 2 is 2.24 bits per heavy atom. The highest BCUT2D eigenvalue weighted by Gasteiger charge is 2.34. The van der Waals surface area contributed by atoms with Crippen LogP contribution in [0, 0.1) is 11.6 Å². The number of carbonyl (C=O) groups is 1. The summed E-state index contributed by atoms with van der Waals surface area (Å²) in [5.74, 6) is -1.99. The van der Waals surface area contributed by atoms with E-state index in [1.54, 1.807) is 12.0 Å². The van der Waals surface area contributed by atoms with Gasteiger partial charge in [0.15, 0.2) is 11.6 Å². The van der Waals surface area contributed by atoms with Crippen LogP contribution in [0.5, 0.6) is 0 Å². The van der Waals surface area contributed by atoms with E-state index in [-0.39, 0.29) is 43.1 Å². The summed E-state index contributed by atoms with van der Waals surface area (Å²) < 4.78 is 31.8. The molecular formula is C15H19F2NO3. The summed E-state index contributed by atoms with van der Waals surface area (Å²) in [7, 11) is 1.56. The van der Waals surface area contributed by atoms with Crippen LogP contribution >= 0.6 is 0 Å². The number of hydrogen-bond acceptors (Lipinski definition) is 3. The maximum Gasteiger partial charge on any atom is 0.223 e. The lowest BCUT2D eigenvalue weighted by molar-refractivity contribution is -0.133. The minimum atomic E-state index is -0.909. The number of aryl methyl sites for hydroxylation is 1. The predicted octanol–water partition coefficient (Wildman–Crippen LogP) is 1.51. The molecule has 0 spiro atoms. The van der Waals surface area contributed by atoms with Crippen LogP contribution in [0.15, 0.2) is 18.2 Å². The highest BCUT2D eigenvalue weighted by Crippen LogP contribution is 2.21. The molecule has 1 heterocycles. The second kappa shape index (κ2) is 6.95. The molecule has 0 aliphatic carbocycles. The van der Waals surface area contributed by atoms with Gasteiger partial charge in [0, 0.05) is 20.1 Å². The first kappa shape index (κ1) is 15.9. The van der Waals surface area contributed by atoms with Crippen LogP contribution in [0.2, 0.25) is 0 Å². The van der Waals surface area contributed by atoms with Gasteiger partial charge in [-0.1, -0.05) is 12.1 Å². The molecule has 1 N–H and O–H groups in total. The Kier molecular flexibility index (Phi) is 5.25. The Balaban J connectivity index is 1.97. The molecule has 0 bridgehead atoms. The molecule has 1 fully saturated rings. The van der Waals surface area contributed by atoms with Gasteiger partial charge in [-0.3, -0.25) is 4.79 Å². The van der Waals surface area contributed by atoms with E-state index in [4.69, 9.17) is 4.74 Å². The quantitative estimate of drug-likeness (QED) is 0.896. The Morgan fingerprint density at radius 1 is 1.48 bits per heavy atom. The summed E-state index contributed by atoms with van der Waals surface area (Å²) >= 11 is 0. The van der Waals surface area contributed by atoms with Crippen molar-refractivity contribution in [3.8, 4) is 0 Å². The molecular weight excluding hydrogens is 280 g/mol. The number of ether oxygens (including phenoxy) is 1. The molecule has 1 aliphatic rings. The molecule has 1 aromatic rings. The van der Waals surface area contributed by atoms with E-state index in [2.05, 4.69) is 0 Å². The zero-order valence-corrected chi connectivity index (χ0v) is 11.9. The molecule has 6 heteroatoms. The molecule has 0 aromatic heterocycles. The third-order valence-corrected chi connectivity index (χ3v) is 3.88. The molecule has 2 atom stereocenters. The monoisotopic (exact) mass is 299 g/mol. The van der Waals surface area contributed by atoms with Gasteiger partial charge in [0.2, 0.25) is 5.91 Å². The number of likely N-dealkylation sites (tertiary alicyclic amines) is 1. The predicted molar refractivity (Wildman–Crippen MR) is 72.7 cm³/mol. The van der Waals surface area contributed by atoms with Crippen molar-refractivity contribution in [3.63, 3.8) is 0 Å². The van der Waals surface area contributed by atoms with E-state index >= 15 is 0 Å². The van der Waals surface area contributed by atoms with E-state index in [9.17, 15) is 18.7 Å². The maximum atomic E-state index is 13.5. The van der Waals surface area contributed by atoms with Crippen LogP contribution in [-0.4, -0.2) is 48.3 Å². The lowest BCUT2D eigenvalue weighted by Gasteiger charge is -2.22. The average molecular weight is 299 g/mol. The fraction of sp³-hybridized carbons (Fsp3) is 0.533. The smallest absolute Gasteiger partial charge is 0.223 e. The van der Waals surface area contributed by atoms with E-state index in [0.29, 0.717) is 13.0 Å². The van der Waals surface area contributed by atoms with E-state index in [1.807, 2.05) is 0 Å². The van der Waals surface area contributed by atoms with Crippen molar-refractivity contribution in [2.75, 3.05) is 20.3 Å². The number of nitrogens with zero attached hydrogens (tertiary/aromatic N) is 1. The van der Waals surface area contributed by atoms with Gasteiger partial charge >= 0.3 is 0 Å². The van der Waals surface area contributed by atoms with Gasteiger partial charge in [0.05, 0.1) is 18.8 Å². The standard InChI is InChI=1S/C15H19F2NO3/c1-21-12-7-11(9-19)18(8-12)14(20)6-5-10-3-2-4-13(16)15(10)17/h2-4,11-12,19H,5-9H2,1H3/t11-,12-/m0/s1. The van der Waals surface area contributed by atoms with Gasteiger partial charge in [0.1, 0.15) is 0 Å². The lowest BCUT2D eigenvalue weighted by atomic mass is 10.1. The molecule has 0 radical (unpaired) electrons. The van der Waals surface area contributed by atoms with Crippen LogP contribution in [0.25, 0.3) is 0 Å². The van der Waals surface area contributed by atoms with Crippen LogP contribution in [-0.2, 0) is 16.0 Å². The van der Waals surface area contributed by atoms with Crippen molar-refractivity contribution in [1.29, 1.82) is 0 Å². The van der Waals surface area contributed by atoms with Gasteiger partial charge in [-0.2, -0.15) is 0 Å². The van der Waals surface area contributed by atoms with Crippen molar-refractivity contribution in [1.82, 2.24) is 4.90 Å². The molecule has 1 aliphatic heterocycles. The molecule has 4 nitrogen and oxygen atoms in total. The van der Waals surface area contributed by atoms with Crippen molar-refractivity contribution < 1.29 is 23.4 Å². The Hall–Kier alpha value is -1.53. The first-order chi connectivity index (χ1) is 10.1. The third-order valence-electron chi connectivity index (χ3n) is 3.88. The van der Waals surface area contributed by atoms with Gasteiger partial charge in [0.25, 0.3) is 0 Å². The van der Waals surface area contributed by atoms with Crippen molar-refractivity contribution in [2.24, 2.45) is 0 Å². The molecule has 1 amide bonds. The van der Waals surface area contributed by atoms with E-state index in [0.717, 1.165) is 6.07 Å². The number of methoxy groups -OCH3 is 1. The number of amides is 1. The summed E-state index contributed by atoms with van der Waals surface area (Å²) in [6.07, 6.45) is 0.715. The zero-order chi connectivity index (χ0) is 15.4. The van der Waals surface area contributed by atoms with Crippen LogP contribution in [0.1, 0.15) is 18.4 Å². The number of halogens is 2. The summed E-state index contributed by atoms with van der Waals surface area (Å²) in [6.45, 7) is 0.298. The number of carbonyl (C=O) groups excluding carboxylic acids is 1. The van der Waals surface area contributed by atoms with Gasteiger partial charge in [-0.15, -0.1) is 0 Å². The van der Waals surface area contributed by atoms with Crippen LogP contribution in [0.4, 0.5) is 8.78 Å². The fourth-order valence-electron chi connectivity index (χ4n) is 2.65. The number of rotatable bonds is 5. The second-order valence-corrected chi connectivity index (χ2v) is 5.19. The maximum absolute atomic E-state index is 13.5. The summed E-state index contributed by atoms with van der Waals surface area (Å²) in [5.41, 5.74) is 0.186. The number of hydrogen-bond donors (Lipinski definition) is 1. The van der Waals surface area contributed by atoms with E-state index in [1.165, 1.54) is 12.1 Å². The Bertz CT molecular complexity index is 510. The minimum Gasteiger partial charge on any atom is -0.394 e. The molecule has 1 saturated heterocycles. The number of benzene rings is 1. The number of aliphatic hydroxyl groups is 1. The molecule has 116 valence electrons. The van der Waals surface area contributed by atoms with E-state index < -0.39 is 11.6 Å². The summed E-state index contributed by atoms with van der Waals surface area (Å²) in [6, 6.07) is 3.68. The van der Waals surface area contributed by atoms with Crippen molar-refractivity contribution in [2.45, 2.75) is 31.4 Å².